The molecule has 1 unspecified atom stereocenters. The Kier molecular flexibility index (Phi) is 6.45. The largest absolute Gasteiger partial charge is 0.392 e. The maximum Gasteiger partial charge on any atom is 0.240 e. The molecule has 1 aromatic carbocycles. The highest BCUT2D eigenvalue weighted by Crippen LogP contribution is 2.21. The number of aliphatic hydroxyl groups excluding tert-OH is 1. The minimum absolute atomic E-state index is 0.127. The maximum atomic E-state index is 12.2. The van der Waals surface area contributed by atoms with Gasteiger partial charge in [0.2, 0.25) is 10.0 Å². The zero-order chi connectivity index (χ0) is 15.3. The molecule has 4 nitrogen and oxygen atoms in total. The lowest BCUT2D eigenvalue weighted by atomic mass is 10.1. The molecule has 20 heavy (non-hydrogen) atoms. The molecule has 2 N–H and O–H groups in total. The van der Waals surface area contributed by atoms with E-state index in [2.05, 4.69) is 18.6 Å². The first-order valence-electron chi connectivity index (χ1n) is 6.68. The Morgan fingerprint density at radius 1 is 1.25 bits per heavy atom. The van der Waals surface area contributed by atoms with Crippen LogP contribution >= 0.6 is 11.6 Å². The van der Waals surface area contributed by atoms with Crippen molar-refractivity contribution in [1.29, 1.82) is 0 Å². The number of halogens is 1. The van der Waals surface area contributed by atoms with Gasteiger partial charge in [0.25, 0.3) is 0 Å². The highest BCUT2D eigenvalue weighted by atomic mass is 35.5. The lowest BCUT2D eigenvalue weighted by molar-refractivity contribution is 0.281. The van der Waals surface area contributed by atoms with Crippen molar-refractivity contribution in [1.82, 2.24) is 4.72 Å². The molecule has 0 aliphatic heterocycles. The van der Waals surface area contributed by atoms with E-state index in [4.69, 9.17) is 16.7 Å². The summed E-state index contributed by atoms with van der Waals surface area (Å²) in [6.07, 6.45) is 1.75. The van der Waals surface area contributed by atoms with Crippen LogP contribution in [0.2, 0.25) is 5.02 Å². The van der Waals surface area contributed by atoms with Crippen LogP contribution in [0.5, 0.6) is 0 Å². The first kappa shape index (κ1) is 17.4. The van der Waals surface area contributed by atoms with Crippen molar-refractivity contribution < 1.29 is 13.5 Å². The van der Waals surface area contributed by atoms with Crippen molar-refractivity contribution >= 4 is 21.6 Å². The van der Waals surface area contributed by atoms with Crippen LogP contribution in [0.4, 0.5) is 0 Å². The molecule has 0 aliphatic carbocycles. The van der Waals surface area contributed by atoms with Gasteiger partial charge in [-0.2, -0.15) is 0 Å². The molecule has 0 heterocycles. The molecule has 114 valence electrons. The fourth-order valence-electron chi connectivity index (χ4n) is 1.81. The van der Waals surface area contributed by atoms with Crippen LogP contribution in [0.1, 0.15) is 39.2 Å². The SMILES string of the molecule is CC(C)CCC(C)NS(=O)(=O)c1ccc(Cl)c(CO)c1. The van der Waals surface area contributed by atoms with E-state index in [0.717, 1.165) is 12.8 Å². The predicted molar refractivity (Wildman–Crippen MR) is 81.2 cm³/mol. The normalized spacial score (nSPS) is 13.7. The van der Waals surface area contributed by atoms with Crippen molar-refractivity contribution in [2.24, 2.45) is 5.92 Å². The number of nitrogens with one attached hydrogen (secondary N) is 1. The van der Waals surface area contributed by atoms with Gasteiger partial charge in [0, 0.05) is 11.1 Å². The number of sulfonamides is 1. The average Bonchev–Trinajstić information content (AvgIpc) is 2.36. The van der Waals surface area contributed by atoms with E-state index in [0.29, 0.717) is 16.5 Å². The van der Waals surface area contributed by atoms with Crippen LogP contribution in [0, 0.1) is 5.92 Å². The standard InChI is InChI=1S/C14H22ClNO3S/c1-10(2)4-5-11(3)16-20(18,19)13-6-7-14(15)12(8-13)9-17/h6-8,10-11,16-17H,4-5,9H2,1-3H3. The molecule has 0 amide bonds. The quantitative estimate of drug-likeness (QED) is 0.812. The molecule has 1 aromatic rings. The highest BCUT2D eigenvalue weighted by Gasteiger charge is 2.18. The molecule has 1 rings (SSSR count). The topological polar surface area (TPSA) is 66.4 Å². The predicted octanol–water partition coefficient (Wildman–Crippen LogP) is 2.94. The number of hydrogen-bond donors (Lipinski definition) is 2. The Morgan fingerprint density at radius 3 is 2.45 bits per heavy atom. The van der Waals surface area contributed by atoms with E-state index in [-0.39, 0.29) is 17.5 Å². The van der Waals surface area contributed by atoms with Gasteiger partial charge in [-0.25, -0.2) is 13.1 Å². The summed E-state index contributed by atoms with van der Waals surface area (Å²) in [5.41, 5.74) is 0.407. The summed E-state index contributed by atoms with van der Waals surface area (Å²) in [7, 11) is -3.58. The molecule has 0 aromatic heterocycles. The molecule has 1 atom stereocenters. The van der Waals surface area contributed by atoms with E-state index < -0.39 is 10.0 Å². The lowest BCUT2D eigenvalue weighted by Gasteiger charge is -2.16. The molecule has 0 aliphatic rings. The zero-order valence-electron chi connectivity index (χ0n) is 12.1. The Morgan fingerprint density at radius 2 is 1.90 bits per heavy atom. The van der Waals surface area contributed by atoms with E-state index in [1.807, 2.05) is 6.92 Å². The molecule has 0 radical (unpaired) electrons. The molecule has 0 spiro atoms. The molecule has 0 bridgehead atoms. The van der Waals surface area contributed by atoms with Gasteiger partial charge in [0.15, 0.2) is 0 Å². The van der Waals surface area contributed by atoms with Crippen molar-refractivity contribution in [3.8, 4) is 0 Å². The van der Waals surface area contributed by atoms with Crippen LogP contribution in [0.15, 0.2) is 23.1 Å². The summed E-state index contributed by atoms with van der Waals surface area (Å²) in [5, 5.41) is 9.50. The minimum Gasteiger partial charge on any atom is -0.392 e. The van der Waals surface area contributed by atoms with Gasteiger partial charge in [-0.15, -0.1) is 0 Å². The third-order valence-electron chi connectivity index (χ3n) is 3.03. The summed E-state index contributed by atoms with van der Waals surface area (Å²) < 4.78 is 27.1. The van der Waals surface area contributed by atoms with Gasteiger partial charge in [0.05, 0.1) is 11.5 Å². The molecule has 0 saturated carbocycles. The third-order valence-corrected chi connectivity index (χ3v) is 4.99. The fourth-order valence-corrected chi connectivity index (χ4v) is 3.32. The summed E-state index contributed by atoms with van der Waals surface area (Å²) in [5.74, 6) is 0.540. The minimum atomic E-state index is -3.58. The second-order valence-electron chi connectivity index (χ2n) is 5.40. The Labute approximate surface area is 126 Å². The molecular weight excluding hydrogens is 298 g/mol. The average molecular weight is 320 g/mol. The van der Waals surface area contributed by atoms with Crippen molar-refractivity contribution in [3.63, 3.8) is 0 Å². The summed E-state index contributed by atoms with van der Waals surface area (Å²) in [6.45, 7) is 5.77. The summed E-state index contributed by atoms with van der Waals surface area (Å²) in [4.78, 5) is 0.127. The van der Waals surface area contributed by atoms with Gasteiger partial charge < -0.3 is 5.11 Å². The number of rotatable bonds is 7. The first-order chi connectivity index (χ1) is 9.26. The third kappa shape index (κ3) is 5.05. The Bertz CT molecular complexity index is 543. The van der Waals surface area contributed by atoms with E-state index in [9.17, 15) is 8.42 Å². The smallest absolute Gasteiger partial charge is 0.240 e. The van der Waals surface area contributed by atoms with E-state index in [1.165, 1.54) is 18.2 Å². The number of hydrogen-bond acceptors (Lipinski definition) is 3. The Balaban J connectivity index is 2.83. The molecule has 6 heteroatoms. The van der Waals surface area contributed by atoms with Gasteiger partial charge in [-0.05, 0) is 49.4 Å². The number of aliphatic hydroxyl groups is 1. The van der Waals surface area contributed by atoms with Gasteiger partial charge in [-0.1, -0.05) is 25.4 Å². The maximum absolute atomic E-state index is 12.2. The Hall–Kier alpha value is -0.620. The van der Waals surface area contributed by atoms with Crippen molar-refractivity contribution in [2.45, 2.75) is 51.2 Å². The fraction of sp³-hybridized carbons (Fsp3) is 0.571. The van der Waals surface area contributed by atoms with Crippen LogP contribution in [0.25, 0.3) is 0 Å². The van der Waals surface area contributed by atoms with Crippen LogP contribution in [-0.4, -0.2) is 19.6 Å². The molecular formula is C14H22ClNO3S. The van der Waals surface area contributed by atoms with E-state index in [1.54, 1.807) is 0 Å². The van der Waals surface area contributed by atoms with Gasteiger partial charge >= 0.3 is 0 Å². The molecule has 0 saturated heterocycles. The van der Waals surface area contributed by atoms with Crippen LogP contribution in [0.3, 0.4) is 0 Å². The van der Waals surface area contributed by atoms with Gasteiger partial charge in [-0.3, -0.25) is 0 Å². The second kappa shape index (κ2) is 7.41. The summed E-state index contributed by atoms with van der Waals surface area (Å²) in [6, 6.07) is 4.20. The highest BCUT2D eigenvalue weighted by molar-refractivity contribution is 7.89. The van der Waals surface area contributed by atoms with Crippen molar-refractivity contribution in [3.05, 3.63) is 28.8 Å². The van der Waals surface area contributed by atoms with E-state index >= 15 is 0 Å². The first-order valence-corrected chi connectivity index (χ1v) is 8.54. The van der Waals surface area contributed by atoms with Gasteiger partial charge in [0.1, 0.15) is 0 Å². The summed E-state index contributed by atoms with van der Waals surface area (Å²) >= 11 is 5.86. The van der Waals surface area contributed by atoms with Crippen LogP contribution < -0.4 is 4.72 Å². The lowest BCUT2D eigenvalue weighted by Crippen LogP contribution is -2.32. The zero-order valence-corrected chi connectivity index (χ0v) is 13.6. The number of benzene rings is 1. The monoisotopic (exact) mass is 319 g/mol. The second-order valence-corrected chi connectivity index (χ2v) is 7.53. The van der Waals surface area contributed by atoms with Crippen LogP contribution in [-0.2, 0) is 16.6 Å². The molecule has 0 fully saturated rings. The van der Waals surface area contributed by atoms with Crippen molar-refractivity contribution in [2.75, 3.05) is 0 Å².